The second kappa shape index (κ2) is 14.2. The number of hydrogen-bond acceptors (Lipinski definition) is 13. The van der Waals surface area contributed by atoms with Crippen LogP contribution in [-0.2, 0) is 9.59 Å². The number of oxazole rings is 1. The third-order valence-electron chi connectivity index (χ3n) is 13.4. The fourth-order valence-corrected chi connectivity index (χ4v) is 10.1. The summed E-state index contributed by atoms with van der Waals surface area (Å²) in [6.45, 7) is 6.09. The molecule has 11 rings (SSSR count). The highest BCUT2D eigenvalue weighted by molar-refractivity contribution is 6.00. The Bertz CT molecular complexity index is 2720. The van der Waals surface area contributed by atoms with Crippen molar-refractivity contribution in [1.29, 1.82) is 0 Å². The van der Waals surface area contributed by atoms with Gasteiger partial charge in [0.15, 0.2) is 22.7 Å². The van der Waals surface area contributed by atoms with E-state index in [1.54, 1.807) is 30.3 Å². The highest BCUT2D eigenvalue weighted by Crippen LogP contribution is 2.47. The third kappa shape index (κ3) is 6.08. The molecule has 4 aliphatic heterocycles. The van der Waals surface area contributed by atoms with Gasteiger partial charge in [0.25, 0.3) is 0 Å². The van der Waals surface area contributed by atoms with Gasteiger partial charge in [-0.25, -0.2) is 19.4 Å². The smallest absolute Gasteiger partial charge is 0.420 e. The van der Waals surface area contributed by atoms with Crippen molar-refractivity contribution >= 4 is 45.5 Å². The minimum Gasteiger partial charge on any atom is -0.494 e. The molecule has 2 amide bonds. The van der Waals surface area contributed by atoms with Crippen molar-refractivity contribution in [3.63, 3.8) is 0 Å². The Morgan fingerprint density at radius 3 is 2.35 bits per heavy atom. The van der Waals surface area contributed by atoms with Gasteiger partial charge in [-0.1, -0.05) is 6.07 Å². The number of imide groups is 1. The molecule has 3 N–H and O–H groups in total. The average molecular weight is 815 g/mol. The molecule has 3 aromatic heterocycles. The van der Waals surface area contributed by atoms with Crippen molar-refractivity contribution in [2.75, 3.05) is 57.0 Å². The maximum absolute atomic E-state index is 14.7. The molecule has 7 heterocycles. The second-order valence-corrected chi connectivity index (χ2v) is 16.8. The van der Waals surface area contributed by atoms with Crippen molar-refractivity contribution in [2.24, 2.45) is 11.8 Å². The Morgan fingerprint density at radius 1 is 0.867 bits per heavy atom. The molecule has 308 valence electrons. The van der Waals surface area contributed by atoms with Crippen molar-refractivity contribution < 1.29 is 27.9 Å². The first-order valence-electron chi connectivity index (χ1n) is 20.5. The van der Waals surface area contributed by atoms with Crippen LogP contribution in [0, 0.1) is 17.7 Å². The minimum atomic E-state index is -0.758. The summed E-state index contributed by atoms with van der Waals surface area (Å²) in [6, 6.07) is 18.3. The molecule has 17 heteroatoms. The second-order valence-electron chi connectivity index (χ2n) is 16.8. The summed E-state index contributed by atoms with van der Waals surface area (Å²) >= 11 is 0. The molecular formula is C43H43FN10O6. The summed E-state index contributed by atoms with van der Waals surface area (Å²) < 4.78 is 34.7. The van der Waals surface area contributed by atoms with Crippen LogP contribution in [0.3, 0.4) is 0 Å². The molecule has 6 aromatic rings. The molecule has 1 aliphatic carbocycles. The number of carbonyl (C=O) groups excluding carboxylic acids is 2. The number of carbonyl (C=O) groups is 2. The number of anilines is 2. The largest absolute Gasteiger partial charge is 0.494 e. The maximum Gasteiger partial charge on any atom is 0.420 e. The van der Waals surface area contributed by atoms with E-state index in [1.807, 2.05) is 30.3 Å². The van der Waals surface area contributed by atoms with Gasteiger partial charge >= 0.3 is 5.76 Å². The molecule has 3 unspecified atom stereocenters. The number of halogens is 1. The summed E-state index contributed by atoms with van der Waals surface area (Å²) in [5.41, 5.74) is 10.7. The standard InChI is InChI=1S/C43H43FN10O6/c1-58-33-3-2-4-34(38(33)44)59-30-8-5-23(6-9-30)39-37-40(45)46-22-47-41(37)54(49-39)27-13-24-16-50(17-25(24)14-27)28-20-52(21-28)29-18-51(19-29)26-7-10-31-35(15-26)60-43(57)53(31)32-11-12-36(55)48-42(32)56/h2-10,15,22,24-25,27-29,32H,11-14,16-21H2,1H3,(H2,45,46,47)(H,48,55,56). The van der Waals surface area contributed by atoms with Crippen LogP contribution in [-0.4, -0.2) is 104 Å². The number of nitrogen functional groups attached to an aromatic ring is 1. The fourth-order valence-electron chi connectivity index (χ4n) is 10.1. The topological polar surface area (TPSA) is 179 Å². The lowest BCUT2D eigenvalue weighted by molar-refractivity contribution is -0.135. The number of rotatable bonds is 9. The lowest BCUT2D eigenvalue weighted by atomic mass is 9.98. The van der Waals surface area contributed by atoms with Crippen molar-refractivity contribution in [1.82, 2.24) is 39.4 Å². The van der Waals surface area contributed by atoms with E-state index in [-0.39, 0.29) is 36.3 Å². The molecule has 3 aromatic carbocycles. The van der Waals surface area contributed by atoms with E-state index in [9.17, 15) is 18.8 Å². The lowest BCUT2D eigenvalue weighted by Gasteiger charge is -2.54. The number of nitrogens with one attached hydrogen (secondary N) is 1. The number of ether oxygens (including phenoxy) is 2. The normalized spacial score (nSPS) is 23.9. The van der Waals surface area contributed by atoms with Crippen LogP contribution in [0.1, 0.15) is 37.8 Å². The molecule has 0 radical (unpaired) electrons. The van der Waals surface area contributed by atoms with Gasteiger partial charge in [-0.3, -0.25) is 29.3 Å². The van der Waals surface area contributed by atoms with Gasteiger partial charge < -0.3 is 24.5 Å². The Morgan fingerprint density at radius 2 is 1.60 bits per heavy atom. The molecule has 4 saturated heterocycles. The number of fused-ring (bicyclic) bond motifs is 3. The Balaban J connectivity index is 0.702. The first-order valence-corrected chi connectivity index (χ1v) is 20.5. The van der Waals surface area contributed by atoms with Crippen molar-refractivity contribution in [2.45, 2.75) is 49.9 Å². The number of likely N-dealkylation sites (tertiary alicyclic amines) is 2. The summed E-state index contributed by atoms with van der Waals surface area (Å²) in [5.74, 6) is 0.259. The molecule has 0 spiro atoms. The molecule has 1 saturated carbocycles. The highest BCUT2D eigenvalue weighted by atomic mass is 19.1. The van der Waals surface area contributed by atoms with E-state index in [1.165, 1.54) is 18.0 Å². The molecule has 0 bridgehead atoms. The molecule has 60 heavy (non-hydrogen) atoms. The van der Waals surface area contributed by atoms with Gasteiger partial charge in [0, 0.05) is 75.1 Å². The first kappa shape index (κ1) is 36.7. The summed E-state index contributed by atoms with van der Waals surface area (Å²) in [6.07, 6.45) is 4.01. The Hall–Kier alpha value is -6.33. The summed E-state index contributed by atoms with van der Waals surface area (Å²) in [5, 5.41) is 8.18. The first-order chi connectivity index (χ1) is 29.2. The monoisotopic (exact) mass is 814 g/mol. The summed E-state index contributed by atoms with van der Waals surface area (Å²) in [4.78, 5) is 53.4. The average Bonchev–Trinajstić information content (AvgIpc) is 3.97. The van der Waals surface area contributed by atoms with Crippen LogP contribution in [0.2, 0.25) is 0 Å². The van der Waals surface area contributed by atoms with E-state index >= 15 is 0 Å². The molecule has 5 fully saturated rings. The third-order valence-corrected chi connectivity index (χ3v) is 13.4. The molecule has 3 atom stereocenters. The van der Waals surface area contributed by atoms with Crippen molar-refractivity contribution in [3.05, 3.63) is 83.4 Å². The fraction of sp³-hybridized carbons (Fsp3) is 0.395. The summed E-state index contributed by atoms with van der Waals surface area (Å²) in [7, 11) is 1.42. The van der Waals surface area contributed by atoms with Crippen LogP contribution in [0.25, 0.3) is 33.4 Å². The zero-order valence-corrected chi connectivity index (χ0v) is 32.9. The van der Waals surface area contributed by atoms with Gasteiger partial charge in [-0.15, -0.1) is 0 Å². The number of nitrogens with two attached hydrogens (primary N) is 1. The van der Waals surface area contributed by atoms with E-state index in [2.05, 4.69) is 34.7 Å². The zero-order chi connectivity index (χ0) is 40.8. The maximum atomic E-state index is 14.7. The Kier molecular flexibility index (Phi) is 8.66. The van der Waals surface area contributed by atoms with E-state index in [4.69, 9.17) is 24.7 Å². The number of amides is 2. The highest BCUT2D eigenvalue weighted by Gasteiger charge is 2.48. The van der Waals surface area contributed by atoms with Gasteiger partial charge in [-0.2, -0.15) is 9.49 Å². The number of aromatic nitrogens is 5. The van der Waals surface area contributed by atoms with E-state index in [0.717, 1.165) is 74.4 Å². The molecular weight excluding hydrogens is 772 g/mol. The number of methoxy groups -OCH3 is 1. The van der Waals surface area contributed by atoms with Gasteiger partial charge in [-0.05, 0) is 79.6 Å². The van der Waals surface area contributed by atoms with Crippen LogP contribution < -0.4 is 31.2 Å². The van der Waals surface area contributed by atoms with Crippen LogP contribution >= 0.6 is 0 Å². The van der Waals surface area contributed by atoms with Gasteiger partial charge in [0.1, 0.15) is 29.6 Å². The number of benzene rings is 3. The van der Waals surface area contributed by atoms with Gasteiger partial charge in [0.2, 0.25) is 17.6 Å². The zero-order valence-electron chi connectivity index (χ0n) is 32.9. The van der Waals surface area contributed by atoms with Crippen LogP contribution in [0.5, 0.6) is 17.2 Å². The minimum absolute atomic E-state index is 0.0767. The van der Waals surface area contributed by atoms with Crippen LogP contribution in [0.15, 0.2) is 76.2 Å². The molecule has 5 aliphatic rings. The quantitative estimate of drug-likeness (QED) is 0.197. The van der Waals surface area contributed by atoms with Crippen LogP contribution in [0.4, 0.5) is 15.9 Å². The van der Waals surface area contributed by atoms with Gasteiger partial charge in [0.05, 0.1) is 24.1 Å². The lowest BCUT2D eigenvalue weighted by Crippen LogP contribution is -2.69. The number of piperidine rings is 1. The Labute approximate surface area is 342 Å². The predicted molar refractivity (Wildman–Crippen MR) is 218 cm³/mol. The predicted octanol–water partition coefficient (Wildman–Crippen LogP) is 4.36. The van der Waals surface area contributed by atoms with E-state index in [0.29, 0.717) is 52.3 Å². The SMILES string of the molecule is COc1cccc(Oc2ccc(-c3nn(C4CC5CN(C6CN(C7CN(c8ccc9c(c8)oc(=O)n9C8CCC(=O)NC8=O)C7)C6)CC5C4)c4ncnc(N)c34)cc2)c1F. The number of hydrogen-bond donors (Lipinski definition) is 2. The number of nitrogens with zero attached hydrogens (tertiary/aromatic N) is 8. The van der Waals surface area contributed by atoms with Crippen molar-refractivity contribution in [3.8, 4) is 28.5 Å². The molecule has 16 nitrogen and oxygen atoms in total. The van der Waals surface area contributed by atoms with E-state index < -0.39 is 23.5 Å².